The van der Waals surface area contributed by atoms with E-state index in [1.807, 2.05) is 25.1 Å². The van der Waals surface area contributed by atoms with Gasteiger partial charge in [-0.3, -0.25) is 9.69 Å². The fourth-order valence-corrected chi connectivity index (χ4v) is 2.80. The van der Waals surface area contributed by atoms with Crippen molar-refractivity contribution < 1.29 is 9.90 Å². The Balaban J connectivity index is 1.54. The molecule has 1 saturated carbocycles. The summed E-state index contributed by atoms with van der Waals surface area (Å²) in [7, 11) is 0. The number of anilines is 1. The van der Waals surface area contributed by atoms with Crippen molar-refractivity contribution >= 4 is 11.6 Å². The summed E-state index contributed by atoms with van der Waals surface area (Å²) in [5.74, 6) is 0.471. The van der Waals surface area contributed by atoms with E-state index in [0.717, 1.165) is 44.7 Å². The van der Waals surface area contributed by atoms with E-state index in [1.165, 1.54) is 0 Å². The van der Waals surface area contributed by atoms with Crippen LogP contribution in [-0.4, -0.2) is 54.2 Å². The molecular weight excluding hydrogens is 266 g/mol. The number of carbonyl (C=O) groups is 1. The number of phenolic OH excluding ortho intramolecular Hbond substituents is 1. The molecular formula is C16H23N3O2. The van der Waals surface area contributed by atoms with Crippen LogP contribution in [0.2, 0.25) is 0 Å². The molecule has 5 nitrogen and oxygen atoms in total. The van der Waals surface area contributed by atoms with Crippen molar-refractivity contribution in [3.05, 3.63) is 24.3 Å². The number of hydrogen-bond acceptors (Lipinski definition) is 4. The van der Waals surface area contributed by atoms with Crippen LogP contribution < -0.4 is 10.2 Å². The van der Waals surface area contributed by atoms with Crippen LogP contribution in [0.1, 0.15) is 19.8 Å². The van der Waals surface area contributed by atoms with Gasteiger partial charge in [0.2, 0.25) is 5.91 Å². The minimum absolute atomic E-state index is 0.0721. The molecule has 1 aromatic rings. The van der Waals surface area contributed by atoms with Crippen molar-refractivity contribution in [1.82, 2.24) is 10.2 Å². The van der Waals surface area contributed by atoms with Gasteiger partial charge in [-0.25, -0.2) is 0 Å². The lowest BCUT2D eigenvalue weighted by molar-refractivity contribution is -0.126. The van der Waals surface area contributed by atoms with E-state index in [2.05, 4.69) is 15.1 Å². The number of rotatable bonds is 4. The second kappa shape index (κ2) is 5.93. The maximum Gasteiger partial charge on any atom is 0.237 e. The molecule has 0 spiro atoms. The lowest BCUT2D eigenvalue weighted by Gasteiger charge is -2.38. The van der Waals surface area contributed by atoms with Crippen molar-refractivity contribution in [2.75, 3.05) is 31.1 Å². The monoisotopic (exact) mass is 289 g/mol. The summed E-state index contributed by atoms with van der Waals surface area (Å²) in [5.41, 5.74) is 0.882. The number of para-hydroxylation sites is 2. The number of carbonyl (C=O) groups excluding carboxylic acids is 1. The number of piperazine rings is 1. The first kappa shape index (κ1) is 14.2. The molecule has 1 atom stereocenters. The van der Waals surface area contributed by atoms with Gasteiger partial charge in [0, 0.05) is 32.2 Å². The molecule has 1 heterocycles. The third kappa shape index (κ3) is 3.29. The van der Waals surface area contributed by atoms with Gasteiger partial charge in [0.25, 0.3) is 0 Å². The first-order chi connectivity index (χ1) is 10.1. The van der Waals surface area contributed by atoms with Gasteiger partial charge < -0.3 is 15.3 Å². The third-order valence-corrected chi connectivity index (χ3v) is 4.39. The number of phenols is 1. The quantitative estimate of drug-likeness (QED) is 0.874. The molecule has 1 aromatic carbocycles. The van der Waals surface area contributed by atoms with Gasteiger partial charge >= 0.3 is 0 Å². The zero-order valence-corrected chi connectivity index (χ0v) is 12.5. The standard InChI is InChI=1S/C16H23N3O2/c1-12(16(21)17-13-6-7-13)18-8-10-19(11-9-18)14-4-2-3-5-15(14)20/h2-5,12-13,20H,6-11H2,1H3,(H,17,21)/t12-/m0/s1. The molecule has 21 heavy (non-hydrogen) atoms. The normalized spacial score (nSPS) is 21.1. The molecule has 2 N–H and O–H groups in total. The van der Waals surface area contributed by atoms with Crippen LogP contribution in [0.5, 0.6) is 5.75 Å². The van der Waals surface area contributed by atoms with Crippen molar-refractivity contribution in [3.8, 4) is 5.75 Å². The van der Waals surface area contributed by atoms with E-state index in [0.29, 0.717) is 11.8 Å². The lowest BCUT2D eigenvalue weighted by atomic mass is 10.2. The van der Waals surface area contributed by atoms with Gasteiger partial charge in [-0.1, -0.05) is 12.1 Å². The summed E-state index contributed by atoms with van der Waals surface area (Å²) < 4.78 is 0. The first-order valence-electron chi connectivity index (χ1n) is 7.72. The highest BCUT2D eigenvalue weighted by atomic mass is 16.3. The minimum atomic E-state index is -0.0721. The third-order valence-electron chi connectivity index (χ3n) is 4.39. The number of aromatic hydroxyl groups is 1. The molecule has 1 amide bonds. The minimum Gasteiger partial charge on any atom is -0.506 e. The zero-order chi connectivity index (χ0) is 14.8. The van der Waals surface area contributed by atoms with Crippen LogP contribution in [0.3, 0.4) is 0 Å². The Hall–Kier alpha value is -1.75. The van der Waals surface area contributed by atoms with Gasteiger partial charge in [0.15, 0.2) is 0 Å². The van der Waals surface area contributed by atoms with Crippen LogP contribution in [0.25, 0.3) is 0 Å². The highest BCUT2D eigenvalue weighted by molar-refractivity contribution is 5.81. The molecule has 0 aromatic heterocycles. The van der Waals surface area contributed by atoms with Crippen LogP contribution in [0.4, 0.5) is 5.69 Å². The Morgan fingerprint density at radius 3 is 2.52 bits per heavy atom. The van der Waals surface area contributed by atoms with E-state index >= 15 is 0 Å². The molecule has 2 aliphatic rings. The largest absolute Gasteiger partial charge is 0.506 e. The first-order valence-corrected chi connectivity index (χ1v) is 7.72. The number of benzene rings is 1. The maximum absolute atomic E-state index is 12.1. The topological polar surface area (TPSA) is 55.8 Å². The van der Waals surface area contributed by atoms with E-state index in [9.17, 15) is 9.90 Å². The van der Waals surface area contributed by atoms with Crippen molar-refractivity contribution in [1.29, 1.82) is 0 Å². The Labute approximate surface area is 125 Å². The van der Waals surface area contributed by atoms with Gasteiger partial charge in [-0.2, -0.15) is 0 Å². The summed E-state index contributed by atoms with van der Waals surface area (Å²) in [5, 5.41) is 13.0. The van der Waals surface area contributed by atoms with Gasteiger partial charge in [0.05, 0.1) is 11.7 Å². The summed E-state index contributed by atoms with van der Waals surface area (Å²) in [6.07, 6.45) is 2.25. The van der Waals surface area contributed by atoms with Crippen LogP contribution in [-0.2, 0) is 4.79 Å². The summed E-state index contributed by atoms with van der Waals surface area (Å²) >= 11 is 0. The molecule has 3 rings (SSSR count). The number of hydrogen-bond donors (Lipinski definition) is 2. The molecule has 114 valence electrons. The van der Waals surface area contributed by atoms with E-state index in [-0.39, 0.29) is 11.9 Å². The number of nitrogens with one attached hydrogen (secondary N) is 1. The molecule has 0 unspecified atom stereocenters. The fraction of sp³-hybridized carbons (Fsp3) is 0.562. The molecule has 2 fully saturated rings. The smallest absolute Gasteiger partial charge is 0.237 e. The van der Waals surface area contributed by atoms with E-state index < -0.39 is 0 Å². The SMILES string of the molecule is C[C@@H](C(=O)NC1CC1)N1CCN(c2ccccc2O)CC1. The van der Waals surface area contributed by atoms with Crippen LogP contribution in [0.15, 0.2) is 24.3 Å². The zero-order valence-electron chi connectivity index (χ0n) is 12.5. The number of amides is 1. The Bertz CT molecular complexity index is 508. The Morgan fingerprint density at radius 2 is 1.90 bits per heavy atom. The molecule has 1 aliphatic carbocycles. The van der Waals surface area contributed by atoms with Gasteiger partial charge in [0.1, 0.15) is 5.75 Å². The summed E-state index contributed by atoms with van der Waals surface area (Å²) in [4.78, 5) is 16.5. The average molecular weight is 289 g/mol. The lowest BCUT2D eigenvalue weighted by Crippen LogP contribution is -2.54. The van der Waals surface area contributed by atoms with Crippen LogP contribution >= 0.6 is 0 Å². The molecule has 0 bridgehead atoms. The second-order valence-electron chi connectivity index (χ2n) is 5.97. The van der Waals surface area contributed by atoms with Crippen molar-refractivity contribution in [2.24, 2.45) is 0 Å². The van der Waals surface area contributed by atoms with Gasteiger partial charge in [-0.15, -0.1) is 0 Å². The Kier molecular flexibility index (Phi) is 4.01. The molecule has 0 radical (unpaired) electrons. The maximum atomic E-state index is 12.1. The molecule has 5 heteroatoms. The molecule has 1 aliphatic heterocycles. The average Bonchev–Trinajstić information content (AvgIpc) is 3.31. The second-order valence-corrected chi connectivity index (χ2v) is 5.97. The predicted octanol–water partition coefficient (Wildman–Crippen LogP) is 1.18. The van der Waals surface area contributed by atoms with E-state index in [1.54, 1.807) is 6.07 Å². The predicted molar refractivity (Wildman–Crippen MR) is 82.5 cm³/mol. The fourth-order valence-electron chi connectivity index (χ4n) is 2.80. The number of nitrogens with zero attached hydrogens (tertiary/aromatic N) is 2. The Morgan fingerprint density at radius 1 is 1.24 bits per heavy atom. The summed E-state index contributed by atoms with van der Waals surface area (Å²) in [6.45, 7) is 5.33. The van der Waals surface area contributed by atoms with E-state index in [4.69, 9.17) is 0 Å². The van der Waals surface area contributed by atoms with Gasteiger partial charge in [-0.05, 0) is 31.9 Å². The molecule has 1 saturated heterocycles. The highest BCUT2D eigenvalue weighted by Crippen LogP contribution is 2.27. The van der Waals surface area contributed by atoms with Crippen LogP contribution in [0, 0.1) is 0 Å². The highest BCUT2D eigenvalue weighted by Gasteiger charge is 2.30. The van der Waals surface area contributed by atoms with Crippen molar-refractivity contribution in [2.45, 2.75) is 31.8 Å². The van der Waals surface area contributed by atoms with Crippen molar-refractivity contribution in [3.63, 3.8) is 0 Å². The summed E-state index contributed by atoms with van der Waals surface area (Å²) in [6, 6.07) is 7.77.